The highest BCUT2D eigenvalue weighted by Crippen LogP contribution is 2.22. The second-order valence-electron chi connectivity index (χ2n) is 5.77. The lowest BCUT2D eigenvalue weighted by atomic mass is 10.1. The fourth-order valence-electron chi connectivity index (χ4n) is 2.24. The van der Waals surface area contributed by atoms with Gasteiger partial charge in [-0.05, 0) is 45.7 Å². The predicted octanol–water partition coefficient (Wildman–Crippen LogP) is 1.96. The molecule has 1 saturated heterocycles. The van der Waals surface area contributed by atoms with Gasteiger partial charge in [0.05, 0.1) is 0 Å². The third-order valence-corrected chi connectivity index (χ3v) is 3.02. The van der Waals surface area contributed by atoms with E-state index in [-0.39, 0.29) is 11.9 Å². The average Bonchev–Trinajstić information content (AvgIpc) is 2.97. The summed E-state index contributed by atoms with van der Waals surface area (Å²) in [6.07, 6.45) is 3.20. The van der Waals surface area contributed by atoms with Crippen LogP contribution >= 0.6 is 0 Å². The van der Waals surface area contributed by atoms with E-state index in [1.165, 1.54) is 0 Å². The first-order valence-electron chi connectivity index (χ1n) is 6.56. The van der Waals surface area contributed by atoms with E-state index in [0.29, 0.717) is 18.7 Å². The lowest BCUT2D eigenvalue weighted by Gasteiger charge is -2.27. The summed E-state index contributed by atoms with van der Waals surface area (Å²) in [4.78, 5) is 28.9. The van der Waals surface area contributed by atoms with Crippen molar-refractivity contribution in [3.8, 4) is 0 Å². The van der Waals surface area contributed by atoms with Crippen LogP contribution in [0.4, 0.5) is 0 Å². The third-order valence-electron chi connectivity index (χ3n) is 3.02. The quantitative estimate of drug-likeness (QED) is 0.831. The molecule has 0 aromatic carbocycles. The summed E-state index contributed by atoms with van der Waals surface area (Å²) in [5, 5.41) is 0. The Morgan fingerprint density at radius 2 is 2.16 bits per heavy atom. The summed E-state index contributed by atoms with van der Waals surface area (Å²) in [5.41, 5.74) is -0.0173. The Balaban J connectivity index is 2.09. The van der Waals surface area contributed by atoms with Crippen molar-refractivity contribution in [1.82, 2.24) is 9.88 Å². The lowest BCUT2D eigenvalue weighted by Crippen LogP contribution is -2.43. The van der Waals surface area contributed by atoms with E-state index in [2.05, 4.69) is 4.98 Å². The molecule has 1 aromatic heterocycles. The van der Waals surface area contributed by atoms with Crippen LogP contribution in [0.3, 0.4) is 0 Å². The van der Waals surface area contributed by atoms with E-state index < -0.39 is 11.6 Å². The van der Waals surface area contributed by atoms with Crippen molar-refractivity contribution in [3.05, 3.63) is 24.0 Å². The van der Waals surface area contributed by atoms with Crippen molar-refractivity contribution in [3.63, 3.8) is 0 Å². The number of rotatable bonds is 2. The van der Waals surface area contributed by atoms with Gasteiger partial charge in [0.15, 0.2) is 0 Å². The van der Waals surface area contributed by atoms with Gasteiger partial charge in [-0.2, -0.15) is 0 Å². The Morgan fingerprint density at radius 3 is 2.74 bits per heavy atom. The molecule has 1 fully saturated rings. The van der Waals surface area contributed by atoms with E-state index in [0.717, 1.165) is 6.42 Å². The second kappa shape index (κ2) is 5.07. The minimum Gasteiger partial charge on any atom is -0.458 e. The van der Waals surface area contributed by atoms with Crippen LogP contribution in [0.2, 0.25) is 0 Å². The summed E-state index contributed by atoms with van der Waals surface area (Å²) < 4.78 is 5.38. The summed E-state index contributed by atoms with van der Waals surface area (Å²) >= 11 is 0. The molecule has 1 aliphatic rings. The van der Waals surface area contributed by atoms with Crippen LogP contribution in [-0.2, 0) is 9.53 Å². The minimum atomic E-state index is -0.527. The zero-order valence-corrected chi connectivity index (χ0v) is 11.6. The zero-order valence-electron chi connectivity index (χ0n) is 11.6. The highest BCUT2D eigenvalue weighted by atomic mass is 16.6. The average molecular weight is 264 g/mol. The molecule has 104 valence electrons. The fourth-order valence-corrected chi connectivity index (χ4v) is 2.24. The Hall–Kier alpha value is -1.78. The molecule has 1 aliphatic heterocycles. The number of carbonyl (C=O) groups is 2. The number of esters is 1. The van der Waals surface area contributed by atoms with Gasteiger partial charge in [-0.15, -0.1) is 0 Å². The molecule has 5 nitrogen and oxygen atoms in total. The number of aromatic nitrogens is 1. The molecule has 2 rings (SSSR count). The van der Waals surface area contributed by atoms with Gasteiger partial charge in [-0.3, -0.25) is 4.79 Å². The molecule has 19 heavy (non-hydrogen) atoms. The number of amides is 1. The van der Waals surface area contributed by atoms with E-state index in [4.69, 9.17) is 4.74 Å². The maximum Gasteiger partial charge on any atom is 0.329 e. The van der Waals surface area contributed by atoms with Crippen LogP contribution < -0.4 is 0 Å². The van der Waals surface area contributed by atoms with E-state index in [1.807, 2.05) is 20.8 Å². The highest BCUT2D eigenvalue weighted by molar-refractivity contribution is 5.95. The van der Waals surface area contributed by atoms with Crippen molar-refractivity contribution in [1.29, 1.82) is 0 Å². The number of nitrogens with zero attached hydrogens (tertiary/aromatic N) is 1. The van der Waals surface area contributed by atoms with Crippen LogP contribution in [0.25, 0.3) is 0 Å². The maximum atomic E-state index is 12.3. The van der Waals surface area contributed by atoms with Gasteiger partial charge in [0.25, 0.3) is 5.91 Å². The van der Waals surface area contributed by atoms with Crippen molar-refractivity contribution >= 4 is 11.9 Å². The van der Waals surface area contributed by atoms with Gasteiger partial charge in [0.1, 0.15) is 17.3 Å². The first-order chi connectivity index (χ1) is 8.88. The molecule has 1 N–H and O–H groups in total. The summed E-state index contributed by atoms with van der Waals surface area (Å²) in [6, 6.07) is 3.02. The van der Waals surface area contributed by atoms with E-state index >= 15 is 0 Å². The van der Waals surface area contributed by atoms with Gasteiger partial charge >= 0.3 is 5.97 Å². The second-order valence-corrected chi connectivity index (χ2v) is 5.77. The number of aromatic amines is 1. The van der Waals surface area contributed by atoms with Crippen LogP contribution in [0, 0.1) is 0 Å². The Morgan fingerprint density at radius 1 is 1.42 bits per heavy atom. The molecule has 0 spiro atoms. The molecule has 0 bridgehead atoms. The van der Waals surface area contributed by atoms with Crippen molar-refractivity contribution in [2.24, 2.45) is 0 Å². The molecule has 2 heterocycles. The summed E-state index contributed by atoms with van der Waals surface area (Å²) in [5.74, 6) is -0.455. The summed E-state index contributed by atoms with van der Waals surface area (Å²) in [7, 11) is 0. The maximum absolute atomic E-state index is 12.3. The van der Waals surface area contributed by atoms with Crippen LogP contribution in [0.1, 0.15) is 44.1 Å². The highest BCUT2D eigenvalue weighted by Gasteiger charge is 2.37. The molecule has 0 unspecified atom stereocenters. The first-order valence-corrected chi connectivity index (χ1v) is 6.56. The third kappa shape index (κ3) is 3.16. The molecule has 1 atom stereocenters. The number of hydrogen-bond donors (Lipinski definition) is 1. The summed E-state index contributed by atoms with van der Waals surface area (Å²) in [6.45, 7) is 6.09. The minimum absolute atomic E-state index is 0.140. The van der Waals surface area contributed by atoms with Crippen molar-refractivity contribution in [2.75, 3.05) is 6.54 Å². The standard InChI is InChI=1S/C14H20N2O3/c1-14(2,3)19-13(18)11-7-5-9-16(11)12(17)10-6-4-8-15-10/h4,6,8,11,15H,5,7,9H2,1-3H3/t11-/m1/s1. The van der Waals surface area contributed by atoms with Crippen molar-refractivity contribution in [2.45, 2.75) is 45.3 Å². The molecule has 0 radical (unpaired) electrons. The zero-order chi connectivity index (χ0) is 14.0. The number of H-pyrrole nitrogens is 1. The Kier molecular flexibility index (Phi) is 3.64. The molecule has 5 heteroatoms. The van der Waals surface area contributed by atoms with E-state index in [9.17, 15) is 9.59 Å². The van der Waals surface area contributed by atoms with Crippen LogP contribution in [-0.4, -0.2) is 39.9 Å². The normalized spacial score (nSPS) is 19.5. The monoisotopic (exact) mass is 264 g/mol. The lowest BCUT2D eigenvalue weighted by molar-refractivity contribution is -0.159. The van der Waals surface area contributed by atoms with Gasteiger partial charge in [0.2, 0.25) is 0 Å². The van der Waals surface area contributed by atoms with Gasteiger partial charge < -0.3 is 14.6 Å². The van der Waals surface area contributed by atoms with Crippen LogP contribution in [0.15, 0.2) is 18.3 Å². The number of hydrogen-bond acceptors (Lipinski definition) is 3. The number of likely N-dealkylation sites (tertiary alicyclic amines) is 1. The molecule has 0 saturated carbocycles. The van der Waals surface area contributed by atoms with E-state index in [1.54, 1.807) is 23.2 Å². The predicted molar refractivity (Wildman–Crippen MR) is 70.7 cm³/mol. The van der Waals surface area contributed by atoms with Crippen molar-refractivity contribution < 1.29 is 14.3 Å². The largest absolute Gasteiger partial charge is 0.458 e. The Labute approximate surface area is 112 Å². The smallest absolute Gasteiger partial charge is 0.329 e. The molecule has 1 aromatic rings. The number of carbonyl (C=O) groups excluding carboxylic acids is 2. The topological polar surface area (TPSA) is 62.4 Å². The molecular weight excluding hydrogens is 244 g/mol. The van der Waals surface area contributed by atoms with Gasteiger partial charge in [0, 0.05) is 12.7 Å². The molecular formula is C14H20N2O3. The van der Waals surface area contributed by atoms with Gasteiger partial charge in [-0.25, -0.2) is 4.79 Å². The fraction of sp³-hybridized carbons (Fsp3) is 0.571. The van der Waals surface area contributed by atoms with Crippen LogP contribution in [0.5, 0.6) is 0 Å². The first kappa shape index (κ1) is 13.6. The SMILES string of the molecule is CC(C)(C)OC(=O)[C@H]1CCCN1C(=O)c1ccc[nH]1. The molecule has 1 amide bonds. The Bertz CT molecular complexity index is 460. The molecule has 0 aliphatic carbocycles. The van der Waals surface area contributed by atoms with Gasteiger partial charge in [-0.1, -0.05) is 0 Å². The number of nitrogens with one attached hydrogen (secondary N) is 1. The number of ether oxygens (including phenoxy) is 1.